The quantitative estimate of drug-likeness (QED) is 0.0679. The number of pyridine rings is 2. The van der Waals surface area contributed by atoms with Crippen molar-refractivity contribution in [1.29, 1.82) is 0 Å². The summed E-state index contributed by atoms with van der Waals surface area (Å²) in [5.74, 6) is -6.72. The van der Waals surface area contributed by atoms with Crippen LogP contribution < -0.4 is 36.1 Å². The number of carboxylic acid groups (broad SMARTS) is 1. The van der Waals surface area contributed by atoms with Crippen LogP contribution in [0.1, 0.15) is 57.6 Å². The first kappa shape index (κ1) is 43.7. The molecular formula is C44H36N10O11. The molecule has 0 radical (unpaired) electrons. The van der Waals surface area contributed by atoms with Crippen LogP contribution in [0.3, 0.4) is 0 Å². The molecule has 7 rings (SSSR count). The number of carbonyl (C=O) groups excluding carboxylic acids is 5. The van der Waals surface area contributed by atoms with Gasteiger partial charge < -0.3 is 51.4 Å². The molecule has 1 atom stereocenters. The number of para-hydroxylation sites is 1. The summed E-state index contributed by atoms with van der Waals surface area (Å²) in [6.07, 6.45) is 4.03. The van der Waals surface area contributed by atoms with E-state index in [2.05, 4.69) is 52.0 Å². The average Bonchev–Trinajstić information content (AvgIpc) is 3.82. The zero-order valence-corrected chi connectivity index (χ0v) is 34.1. The molecule has 0 aliphatic rings. The van der Waals surface area contributed by atoms with Gasteiger partial charge in [0.2, 0.25) is 5.91 Å². The van der Waals surface area contributed by atoms with Crippen molar-refractivity contribution >= 4 is 69.2 Å². The number of nitrogens with zero attached hydrogens (tertiary/aromatic N) is 4. The van der Waals surface area contributed by atoms with Crippen molar-refractivity contribution in [1.82, 2.24) is 30.7 Å². The number of rotatable bonds is 15. The number of amides is 5. The summed E-state index contributed by atoms with van der Waals surface area (Å²) in [7, 11) is 2.35. The van der Waals surface area contributed by atoms with Gasteiger partial charge in [-0.2, -0.15) is 15.4 Å². The third kappa shape index (κ3) is 9.89. The number of methoxy groups -OCH3 is 2. The lowest BCUT2D eigenvalue weighted by Gasteiger charge is -2.18. The molecule has 0 bridgehead atoms. The molecule has 0 unspecified atom stereocenters. The summed E-state index contributed by atoms with van der Waals surface area (Å²) in [6.45, 7) is 0. The van der Waals surface area contributed by atoms with Crippen LogP contribution >= 0.6 is 0 Å². The predicted molar refractivity (Wildman–Crippen MR) is 233 cm³/mol. The van der Waals surface area contributed by atoms with Gasteiger partial charge in [-0.25, -0.2) is 9.78 Å². The van der Waals surface area contributed by atoms with Crippen molar-refractivity contribution in [3.05, 3.63) is 143 Å². The molecule has 3 aromatic heterocycles. The van der Waals surface area contributed by atoms with Crippen LogP contribution in [-0.4, -0.2) is 96.5 Å². The number of benzene rings is 4. The molecule has 4 aromatic carbocycles. The first-order chi connectivity index (χ1) is 31.3. The molecule has 0 fully saturated rings. The summed E-state index contributed by atoms with van der Waals surface area (Å²) < 4.78 is 10.4. The fourth-order valence-electron chi connectivity index (χ4n) is 6.40. The molecule has 9 N–H and O–H groups in total. The molecule has 21 nitrogen and oxygen atoms in total. The molecule has 0 saturated heterocycles. The lowest BCUT2D eigenvalue weighted by molar-refractivity contribution is -0.118. The summed E-state index contributed by atoms with van der Waals surface area (Å²) in [4.78, 5) is 86.1. The Labute approximate surface area is 366 Å². The Bertz CT molecular complexity index is 2960. The molecule has 0 aliphatic heterocycles. The van der Waals surface area contributed by atoms with E-state index in [-0.39, 0.29) is 57.7 Å². The predicted octanol–water partition coefficient (Wildman–Crippen LogP) is 4.61. The molecule has 0 aliphatic carbocycles. The molecule has 5 amide bonds. The SMILES string of the molecule is COc1c(NC(=O)c2ccc(NC(=O)c3ccc(NC(=O)[C@H](Cc4cn[nH]n4)NC(=O)c4ccc(NC(=O)c5cnc6ccccc6c5)cc4)cn3)c(OC)c2O)ccc(C(=O)O)c1O. The lowest BCUT2D eigenvalue weighted by Crippen LogP contribution is -2.45. The summed E-state index contributed by atoms with van der Waals surface area (Å²) >= 11 is 0. The molecule has 0 saturated carbocycles. The van der Waals surface area contributed by atoms with E-state index < -0.39 is 52.7 Å². The Kier molecular flexibility index (Phi) is 12.8. The van der Waals surface area contributed by atoms with Gasteiger partial charge in [-0.1, -0.05) is 18.2 Å². The van der Waals surface area contributed by atoms with Gasteiger partial charge >= 0.3 is 5.97 Å². The zero-order valence-electron chi connectivity index (χ0n) is 34.1. The number of ether oxygens (including phenoxy) is 2. The molecule has 0 spiro atoms. The second kappa shape index (κ2) is 19.1. The van der Waals surface area contributed by atoms with Crippen molar-refractivity contribution < 1.29 is 53.6 Å². The van der Waals surface area contributed by atoms with E-state index in [0.717, 1.165) is 24.1 Å². The molecule has 328 valence electrons. The van der Waals surface area contributed by atoms with Crippen molar-refractivity contribution in [2.45, 2.75) is 12.5 Å². The Hall–Kier alpha value is -9.40. The maximum atomic E-state index is 13.6. The molecule has 65 heavy (non-hydrogen) atoms. The number of aromatic amines is 1. The lowest BCUT2D eigenvalue weighted by atomic mass is 10.1. The topological polar surface area (TPSA) is 309 Å². The van der Waals surface area contributed by atoms with Gasteiger partial charge in [0.15, 0.2) is 23.0 Å². The van der Waals surface area contributed by atoms with Crippen LogP contribution in [-0.2, 0) is 11.2 Å². The number of carboxylic acids is 1. The highest BCUT2D eigenvalue weighted by molar-refractivity contribution is 6.10. The van der Waals surface area contributed by atoms with Crippen molar-refractivity contribution in [3.63, 3.8) is 0 Å². The number of carbonyl (C=O) groups is 6. The summed E-state index contributed by atoms with van der Waals surface area (Å²) in [5, 5.41) is 54.7. The number of phenols is 2. The number of phenolic OH excluding ortho intramolecular Hbond substituents is 1. The average molecular weight is 881 g/mol. The van der Waals surface area contributed by atoms with E-state index in [0.29, 0.717) is 16.9 Å². The number of aromatic nitrogens is 5. The van der Waals surface area contributed by atoms with E-state index in [1.54, 1.807) is 18.2 Å². The Morgan fingerprint density at radius 3 is 1.95 bits per heavy atom. The number of hydrogen-bond acceptors (Lipinski definition) is 14. The molecule has 3 heterocycles. The van der Waals surface area contributed by atoms with Crippen LogP contribution in [0.4, 0.5) is 22.7 Å². The van der Waals surface area contributed by atoms with Crippen molar-refractivity contribution in [3.8, 4) is 23.0 Å². The fourth-order valence-corrected chi connectivity index (χ4v) is 6.40. The van der Waals surface area contributed by atoms with Crippen LogP contribution in [0.2, 0.25) is 0 Å². The third-order valence-electron chi connectivity index (χ3n) is 9.66. The zero-order chi connectivity index (χ0) is 46.2. The van der Waals surface area contributed by atoms with Crippen LogP contribution in [0.25, 0.3) is 10.9 Å². The smallest absolute Gasteiger partial charge is 0.339 e. The second-order valence-electron chi connectivity index (χ2n) is 13.9. The van der Waals surface area contributed by atoms with Crippen LogP contribution in [0, 0.1) is 0 Å². The minimum absolute atomic E-state index is 0.0452. The standard InChI is InChI=1S/C44H36N10O11/c1-64-37-32(15-12-28(35(37)55)41(59)50-31-16-13-29(44(62)63)36(56)38(31)65-2)51-42(60)33-14-11-26(20-46-33)49-43(61)34(18-27-21-47-54-53-27)52-39(57)22-7-9-25(10-8-22)48-40(58)24-17-23-5-3-4-6-30(23)45-19-24/h3-17,19-21,34,55-56H,18H2,1-2H3,(H,48,58)(H,49,61)(H,50,59)(H,51,60)(H,52,57)(H,62,63)(H,47,53,54)/t34-/m0/s1. The number of H-pyrrole nitrogens is 1. The van der Waals surface area contributed by atoms with Crippen molar-refractivity contribution in [2.75, 3.05) is 35.5 Å². The number of hydrogen-bond donors (Lipinski definition) is 9. The Balaban J connectivity index is 0.980. The highest BCUT2D eigenvalue weighted by Gasteiger charge is 2.26. The van der Waals surface area contributed by atoms with E-state index in [1.165, 1.54) is 68.2 Å². The Morgan fingerprint density at radius 2 is 1.31 bits per heavy atom. The highest BCUT2D eigenvalue weighted by Crippen LogP contribution is 2.40. The minimum Gasteiger partial charge on any atom is -0.504 e. The number of aromatic carboxylic acids is 1. The monoisotopic (exact) mass is 880 g/mol. The third-order valence-corrected chi connectivity index (χ3v) is 9.66. The summed E-state index contributed by atoms with van der Waals surface area (Å²) in [6, 6.07) is 21.4. The van der Waals surface area contributed by atoms with Crippen molar-refractivity contribution in [2.24, 2.45) is 0 Å². The van der Waals surface area contributed by atoms with Gasteiger partial charge in [-0.15, -0.1) is 0 Å². The maximum absolute atomic E-state index is 13.6. The highest BCUT2D eigenvalue weighted by atomic mass is 16.5. The van der Waals surface area contributed by atoms with Gasteiger partial charge in [0.25, 0.3) is 23.6 Å². The fraction of sp³-hybridized carbons (Fsp3) is 0.0909. The van der Waals surface area contributed by atoms with Gasteiger partial charge in [0, 0.05) is 29.3 Å². The second-order valence-corrected chi connectivity index (χ2v) is 13.9. The van der Waals surface area contributed by atoms with Gasteiger partial charge in [-0.3, -0.25) is 29.0 Å². The first-order valence-electron chi connectivity index (χ1n) is 19.2. The normalized spacial score (nSPS) is 11.2. The number of fused-ring (bicyclic) bond motifs is 1. The molecule has 21 heteroatoms. The van der Waals surface area contributed by atoms with Gasteiger partial charge in [0.05, 0.1) is 66.0 Å². The maximum Gasteiger partial charge on any atom is 0.339 e. The number of anilines is 4. The van der Waals surface area contributed by atoms with E-state index in [4.69, 9.17) is 9.47 Å². The number of nitrogens with one attached hydrogen (secondary N) is 6. The largest absolute Gasteiger partial charge is 0.504 e. The van der Waals surface area contributed by atoms with E-state index in [9.17, 15) is 44.1 Å². The number of aromatic hydroxyl groups is 2. The van der Waals surface area contributed by atoms with E-state index >= 15 is 0 Å². The van der Waals surface area contributed by atoms with Crippen LogP contribution in [0.5, 0.6) is 23.0 Å². The molecular weight excluding hydrogens is 845 g/mol. The summed E-state index contributed by atoms with van der Waals surface area (Å²) in [5.41, 5.74) is 1.22. The Morgan fingerprint density at radius 1 is 0.646 bits per heavy atom. The van der Waals surface area contributed by atoms with Crippen LogP contribution in [0.15, 0.2) is 110 Å². The van der Waals surface area contributed by atoms with E-state index in [1.807, 2.05) is 24.3 Å². The molecule has 7 aromatic rings. The minimum atomic E-state index is -1.43. The van der Waals surface area contributed by atoms with Gasteiger partial charge in [-0.05, 0) is 72.8 Å². The first-order valence-corrected chi connectivity index (χ1v) is 19.2. The van der Waals surface area contributed by atoms with Gasteiger partial charge in [0.1, 0.15) is 17.3 Å².